The van der Waals surface area contributed by atoms with Crippen molar-refractivity contribution in [3.05, 3.63) is 33.4 Å². The summed E-state index contributed by atoms with van der Waals surface area (Å²) in [5.41, 5.74) is 1.37. The molecular weight excluding hydrogens is 262 g/mol. The van der Waals surface area contributed by atoms with Gasteiger partial charge in [0.25, 0.3) is 0 Å². The van der Waals surface area contributed by atoms with E-state index < -0.39 is 4.92 Å². The van der Waals surface area contributed by atoms with Crippen molar-refractivity contribution in [2.45, 2.75) is 19.4 Å². The van der Waals surface area contributed by atoms with Gasteiger partial charge in [-0.25, -0.2) is 0 Å². The fourth-order valence-electron chi connectivity index (χ4n) is 2.42. The van der Waals surface area contributed by atoms with Crippen LogP contribution in [0.2, 0.25) is 0 Å². The molecule has 1 aromatic rings. The van der Waals surface area contributed by atoms with E-state index in [0.29, 0.717) is 18.7 Å². The van der Waals surface area contributed by atoms with Crippen molar-refractivity contribution in [1.82, 2.24) is 10.2 Å². The van der Waals surface area contributed by atoms with Crippen LogP contribution in [0.3, 0.4) is 0 Å². The van der Waals surface area contributed by atoms with Gasteiger partial charge in [-0.2, -0.15) is 0 Å². The van der Waals surface area contributed by atoms with Crippen molar-refractivity contribution in [3.8, 4) is 5.75 Å². The number of nitro benzene ring substituents is 1. The molecule has 0 aliphatic carbocycles. The molecule has 1 heterocycles. The highest BCUT2D eigenvalue weighted by molar-refractivity contribution is 5.83. The summed E-state index contributed by atoms with van der Waals surface area (Å²) in [4.78, 5) is 24.0. The van der Waals surface area contributed by atoms with Gasteiger partial charge in [-0.1, -0.05) is 6.07 Å². The van der Waals surface area contributed by atoms with Gasteiger partial charge in [-0.15, -0.1) is 0 Å². The topological polar surface area (TPSA) is 84.7 Å². The molecule has 1 fully saturated rings. The smallest absolute Gasteiger partial charge is 0.311 e. The van der Waals surface area contributed by atoms with Gasteiger partial charge < -0.3 is 9.64 Å². The number of carbonyl (C=O) groups is 1. The van der Waals surface area contributed by atoms with Crippen LogP contribution in [0.25, 0.3) is 0 Å². The first-order chi connectivity index (χ1) is 9.43. The Labute approximate surface area is 116 Å². The van der Waals surface area contributed by atoms with Crippen LogP contribution in [0, 0.1) is 17.0 Å². The summed E-state index contributed by atoms with van der Waals surface area (Å²) in [6, 6.07) is 2.96. The summed E-state index contributed by atoms with van der Waals surface area (Å²) in [5, 5.41) is 14.2. The maximum atomic E-state index is 11.8. The molecule has 1 saturated heterocycles. The lowest BCUT2D eigenvalue weighted by atomic mass is 10.0. The summed E-state index contributed by atoms with van der Waals surface area (Å²) >= 11 is 0. The Hall–Kier alpha value is -2.15. The molecule has 7 nitrogen and oxygen atoms in total. The van der Waals surface area contributed by atoms with Gasteiger partial charge in [0.2, 0.25) is 5.91 Å². The fraction of sp³-hybridized carbons (Fsp3) is 0.462. The Morgan fingerprint density at radius 3 is 2.75 bits per heavy atom. The van der Waals surface area contributed by atoms with Gasteiger partial charge in [-0.3, -0.25) is 20.2 Å². The third-order valence-electron chi connectivity index (χ3n) is 3.40. The molecule has 0 aromatic heterocycles. The Morgan fingerprint density at radius 1 is 1.55 bits per heavy atom. The molecule has 1 amide bonds. The lowest BCUT2D eigenvalue weighted by molar-refractivity contribution is -0.385. The third kappa shape index (κ3) is 2.57. The number of benzene rings is 1. The van der Waals surface area contributed by atoms with E-state index in [9.17, 15) is 14.9 Å². The molecule has 0 radical (unpaired) electrons. The number of aryl methyl sites for hydroxylation is 1. The number of amides is 1. The molecule has 0 saturated carbocycles. The molecule has 1 aromatic carbocycles. The van der Waals surface area contributed by atoms with Crippen LogP contribution in [-0.2, 0) is 11.2 Å². The number of nitrogens with one attached hydrogen (secondary N) is 1. The van der Waals surface area contributed by atoms with Gasteiger partial charge in [0, 0.05) is 13.1 Å². The van der Waals surface area contributed by atoms with E-state index in [4.69, 9.17) is 4.74 Å². The zero-order valence-electron chi connectivity index (χ0n) is 11.7. The second kappa shape index (κ2) is 5.46. The summed E-state index contributed by atoms with van der Waals surface area (Å²) in [7, 11) is 3.13. The van der Waals surface area contributed by atoms with Crippen LogP contribution < -0.4 is 10.1 Å². The van der Waals surface area contributed by atoms with Crippen LogP contribution in [0.5, 0.6) is 5.75 Å². The molecule has 2 rings (SSSR count). The number of nitro groups is 1. The van der Waals surface area contributed by atoms with Gasteiger partial charge in [0.1, 0.15) is 0 Å². The molecule has 108 valence electrons. The number of rotatable bonds is 4. The monoisotopic (exact) mass is 279 g/mol. The largest absolute Gasteiger partial charge is 0.490 e. The number of methoxy groups -OCH3 is 1. The van der Waals surface area contributed by atoms with Crippen LogP contribution in [-0.4, -0.2) is 42.6 Å². The number of carbonyl (C=O) groups excluding carboxylic acids is 1. The third-order valence-corrected chi connectivity index (χ3v) is 3.40. The molecule has 1 atom stereocenters. The van der Waals surface area contributed by atoms with Crippen molar-refractivity contribution in [1.29, 1.82) is 0 Å². The van der Waals surface area contributed by atoms with Crippen molar-refractivity contribution in [2.75, 3.05) is 20.8 Å². The number of nitrogens with zero attached hydrogens (tertiary/aromatic N) is 2. The predicted molar refractivity (Wildman–Crippen MR) is 72.7 cm³/mol. The summed E-state index contributed by atoms with van der Waals surface area (Å²) in [6.45, 7) is 2.26. The lowest BCUT2D eigenvalue weighted by Crippen LogP contribution is -2.31. The zero-order valence-corrected chi connectivity index (χ0v) is 11.7. The highest BCUT2D eigenvalue weighted by Gasteiger charge is 2.29. The summed E-state index contributed by atoms with van der Waals surface area (Å²) < 4.78 is 5.07. The first-order valence-electron chi connectivity index (χ1n) is 6.24. The minimum absolute atomic E-state index is 0.00104. The quantitative estimate of drug-likeness (QED) is 0.652. The normalized spacial score (nSPS) is 18.4. The Kier molecular flexibility index (Phi) is 3.89. The molecule has 1 aliphatic heterocycles. The van der Waals surface area contributed by atoms with E-state index in [0.717, 1.165) is 5.56 Å². The van der Waals surface area contributed by atoms with Crippen LogP contribution in [0.1, 0.15) is 11.1 Å². The Bertz CT molecular complexity index is 559. The predicted octanol–water partition coefficient (Wildman–Crippen LogP) is 0.842. The van der Waals surface area contributed by atoms with E-state index in [-0.39, 0.29) is 23.4 Å². The van der Waals surface area contributed by atoms with E-state index in [1.54, 1.807) is 18.9 Å². The van der Waals surface area contributed by atoms with E-state index in [1.165, 1.54) is 13.2 Å². The second-order valence-electron chi connectivity index (χ2n) is 4.88. The second-order valence-corrected chi connectivity index (χ2v) is 4.88. The van der Waals surface area contributed by atoms with Crippen LogP contribution in [0.15, 0.2) is 12.1 Å². The van der Waals surface area contributed by atoms with Gasteiger partial charge in [0.05, 0.1) is 24.7 Å². The molecule has 0 bridgehead atoms. The van der Waals surface area contributed by atoms with Crippen LogP contribution >= 0.6 is 0 Å². The fourth-order valence-corrected chi connectivity index (χ4v) is 2.42. The highest BCUT2D eigenvalue weighted by atomic mass is 16.6. The first kappa shape index (κ1) is 14.3. The van der Waals surface area contributed by atoms with Gasteiger partial charge >= 0.3 is 5.69 Å². The molecule has 1 N–H and O–H groups in total. The molecular formula is C13H17N3O4. The average molecular weight is 279 g/mol. The number of hydrogen-bond donors (Lipinski definition) is 1. The summed E-state index contributed by atoms with van der Waals surface area (Å²) in [6.07, 6.45) is 0.425. The van der Waals surface area contributed by atoms with Crippen molar-refractivity contribution in [2.24, 2.45) is 0 Å². The van der Waals surface area contributed by atoms with Gasteiger partial charge in [0.15, 0.2) is 5.75 Å². The Morgan fingerprint density at radius 2 is 2.25 bits per heavy atom. The average Bonchev–Trinajstić information content (AvgIpc) is 2.70. The van der Waals surface area contributed by atoms with E-state index in [1.807, 2.05) is 6.07 Å². The minimum Gasteiger partial charge on any atom is -0.490 e. The standard InChI is InChI=1S/C13H17N3O4/c1-8-4-9(5-10-13(17)15(2)7-14-10)6-11(16(18)19)12(8)20-3/h4,6,10,14H,5,7H2,1-3H3. The lowest BCUT2D eigenvalue weighted by Gasteiger charge is -2.12. The van der Waals surface area contributed by atoms with Gasteiger partial charge in [-0.05, 0) is 24.5 Å². The van der Waals surface area contributed by atoms with Crippen molar-refractivity contribution in [3.63, 3.8) is 0 Å². The minimum atomic E-state index is -0.467. The van der Waals surface area contributed by atoms with E-state index >= 15 is 0 Å². The van der Waals surface area contributed by atoms with E-state index in [2.05, 4.69) is 5.32 Å². The van der Waals surface area contributed by atoms with Crippen molar-refractivity contribution < 1.29 is 14.5 Å². The zero-order chi connectivity index (χ0) is 14.9. The molecule has 1 unspecified atom stereocenters. The molecule has 1 aliphatic rings. The van der Waals surface area contributed by atoms with Crippen molar-refractivity contribution >= 4 is 11.6 Å². The molecule has 7 heteroatoms. The molecule has 0 spiro atoms. The highest BCUT2D eigenvalue weighted by Crippen LogP contribution is 2.32. The number of hydrogen-bond acceptors (Lipinski definition) is 5. The summed E-state index contributed by atoms with van der Waals surface area (Å²) in [5.74, 6) is 0.266. The maximum absolute atomic E-state index is 11.8. The number of ether oxygens (including phenoxy) is 1. The maximum Gasteiger partial charge on any atom is 0.311 e. The Balaban J connectivity index is 2.29. The molecule has 20 heavy (non-hydrogen) atoms. The van der Waals surface area contributed by atoms with Crippen LogP contribution in [0.4, 0.5) is 5.69 Å². The first-order valence-corrected chi connectivity index (χ1v) is 6.24. The number of likely N-dealkylation sites (N-methyl/N-ethyl adjacent to an activating group) is 1. The SMILES string of the molecule is COc1c(C)cc(CC2NCN(C)C2=O)cc1[N+](=O)[O-].